The van der Waals surface area contributed by atoms with Gasteiger partial charge in [-0.2, -0.15) is 15.0 Å². The van der Waals surface area contributed by atoms with Crippen molar-refractivity contribution in [1.29, 1.82) is 0 Å². The van der Waals surface area contributed by atoms with E-state index in [9.17, 15) is 0 Å². The number of aromatic nitrogens is 3. The summed E-state index contributed by atoms with van der Waals surface area (Å²) in [6.07, 6.45) is 0.147. The molecule has 0 amide bonds. The number of nitrogens with one attached hydrogen (secondary N) is 2. The predicted octanol–water partition coefficient (Wildman–Crippen LogP) is 0.443. The maximum Gasteiger partial charge on any atom is 0.323 e. The summed E-state index contributed by atoms with van der Waals surface area (Å²) < 4.78 is 11.2. The first-order valence-electron chi connectivity index (χ1n) is 7.21. The highest BCUT2D eigenvalue weighted by Gasteiger charge is 2.18. The van der Waals surface area contributed by atoms with Crippen LogP contribution in [0, 0.1) is 0 Å². The number of morpholine rings is 1. The molecule has 0 spiro atoms. The highest BCUT2D eigenvalue weighted by atomic mass is 16.5. The van der Waals surface area contributed by atoms with Gasteiger partial charge in [0.25, 0.3) is 0 Å². The maximum atomic E-state index is 5.70. The number of likely N-dealkylation sites (N-methyl/N-ethyl adjacent to an activating group) is 1. The van der Waals surface area contributed by atoms with Crippen molar-refractivity contribution >= 4 is 11.9 Å². The van der Waals surface area contributed by atoms with Crippen molar-refractivity contribution in [2.24, 2.45) is 0 Å². The fraction of sp³-hybridized carbons (Fsp3) is 0.769. The van der Waals surface area contributed by atoms with E-state index in [-0.39, 0.29) is 12.2 Å². The molecule has 0 radical (unpaired) electrons. The monoisotopic (exact) mass is 296 g/mol. The lowest BCUT2D eigenvalue weighted by Crippen LogP contribution is -2.43. The second-order valence-corrected chi connectivity index (χ2v) is 5.32. The zero-order valence-corrected chi connectivity index (χ0v) is 13.1. The Bertz CT molecular complexity index is 456. The molecule has 1 unspecified atom stereocenters. The number of hydrogen-bond donors (Lipinski definition) is 2. The van der Waals surface area contributed by atoms with Crippen LogP contribution in [0.4, 0.5) is 11.9 Å². The summed E-state index contributed by atoms with van der Waals surface area (Å²) in [5, 5.41) is 6.09. The van der Waals surface area contributed by atoms with Crippen LogP contribution in [-0.2, 0) is 4.74 Å². The third kappa shape index (κ3) is 4.98. The van der Waals surface area contributed by atoms with Crippen molar-refractivity contribution < 1.29 is 9.47 Å². The van der Waals surface area contributed by atoms with Crippen LogP contribution in [-0.4, -0.2) is 72.4 Å². The summed E-state index contributed by atoms with van der Waals surface area (Å²) in [7, 11) is 3.85. The Morgan fingerprint density at radius 2 is 2.10 bits per heavy atom. The fourth-order valence-corrected chi connectivity index (χ4v) is 2.01. The summed E-state index contributed by atoms with van der Waals surface area (Å²) in [5.41, 5.74) is 0. The highest BCUT2D eigenvalue weighted by Crippen LogP contribution is 2.13. The molecular formula is C13H24N6O2. The summed E-state index contributed by atoms with van der Waals surface area (Å²) in [6.45, 7) is 7.14. The minimum atomic E-state index is 0.0142. The standard InChI is InChI=1S/C13H24N6O2/c1-9(2)21-13-17-11(14-3)16-12(18-13)15-7-10-8-19(4)5-6-20-10/h9-10H,5-8H2,1-4H3,(H2,14,15,16,17,18). The molecule has 1 fully saturated rings. The second kappa shape index (κ2) is 7.37. The van der Waals surface area contributed by atoms with Crippen molar-refractivity contribution in [3.05, 3.63) is 0 Å². The molecule has 0 bridgehead atoms. The first-order valence-corrected chi connectivity index (χ1v) is 7.21. The van der Waals surface area contributed by atoms with Gasteiger partial charge in [0.05, 0.1) is 18.8 Å². The molecule has 0 aromatic carbocycles. The smallest absolute Gasteiger partial charge is 0.323 e. The van der Waals surface area contributed by atoms with Gasteiger partial charge < -0.3 is 25.0 Å². The molecule has 1 aromatic heterocycles. The van der Waals surface area contributed by atoms with Gasteiger partial charge in [-0.1, -0.05) is 0 Å². The van der Waals surface area contributed by atoms with Gasteiger partial charge in [-0.05, 0) is 20.9 Å². The molecule has 8 heteroatoms. The first kappa shape index (κ1) is 15.7. The van der Waals surface area contributed by atoms with Crippen LogP contribution in [0.1, 0.15) is 13.8 Å². The molecule has 21 heavy (non-hydrogen) atoms. The number of nitrogens with zero attached hydrogens (tertiary/aromatic N) is 4. The van der Waals surface area contributed by atoms with Crippen LogP contribution in [0.15, 0.2) is 0 Å². The van der Waals surface area contributed by atoms with Gasteiger partial charge in [-0.3, -0.25) is 0 Å². The van der Waals surface area contributed by atoms with E-state index < -0.39 is 0 Å². The summed E-state index contributed by atoms with van der Waals surface area (Å²) in [6, 6.07) is 0.313. The van der Waals surface area contributed by atoms with Gasteiger partial charge in [-0.15, -0.1) is 0 Å². The van der Waals surface area contributed by atoms with Gasteiger partial charge >= 0.3 is 6.01 Å². The molecule has 8 nitrogen and oxygen atoms in total. The van der Waals surface area contributed by atoms with E-state index in [1.54, 1.807) is 7.05 Å². The zero-order valence-electron chi connectivity index (χ0n) is 13.1. The average molecular weight is 296 g/mol. The number of ether oxygens (including phenoxy) is 2. The molecule has 1 saturated heterocycles. The molecule has 1 aliphatic heterocycles. The fourth-order valence-electron chi connectivity index (χ4n) is 2.01. The molecule has 2 heterocycles. The van der Waals surface area contributed by atoms with E-state index >= 15 is 0 Å². The van der Waals surface area contributed by atoms with Gasteiger partial charge in [0, 0.05) is 26.7 Å². The lowest BCUT2D eigenvalue weighted by molar-refractivity contribution is -0.0118. The van der Waals surface area contributed by atoms with Crippen molar-refractivity contribution in [1.82, 2.24) is 19.9 Å². The van der Waals surface area contributed by atoms with Gasteiger partial charge in [-0.25, -0.2) is 0 Å². The molecule has 2 N–H and O–H groups in total. The third-order valence-electron chi connectivity index (χ3n) is 3.01. The van der Waals surface area contributed by atoms with Crippen LogP contribution in [0.2, 0.25) is 0 Å². The van der Waals surface area contributed by atoms with E-state index in [4.69, 9.17) is 9.47 Å². The summed E-state index contributed by atoms with van der Waals surface area (Å²) >= 11 is 0. The lowest BCUT2D eigenvalue weighted by Gasteiger charge is -2.30. The Morgan fingerprint density at radius 3 is 2.76 bits per heavy atom. The number of rotatable bonds is 6. The van der Waals surface area contributed by atoms with Gasteiger partial charge in [0.1, 0.15) is 0 Å². The van der Waals surface area contributed by atoms with Crippen LogP contribution in [0.3, 0.4) is 0 Å². The van der Waals surface area contributed by atoms with E-state index in [2.05, 4.69) is 37.5 Å². The Labute approximate surface area is 125 Å². The second-order valence-electron chi connectivity index (χ2n) is 5.32. The zero-order chi connectivity index (χ0) is 15.2. The van der Waals surface area contributed by atoms with Crippen LogP contribution in [0.25, 0.3) is 0 Å². The topological polar surface area (TPSA) is 84.4 Å². The van der Waals surface area contributed by atoms with Crippen LogP contribution < -0.4 is 15.4 Å². The minimum absolute atomic E-state index is 0.0142. The molecule has 0 aliphatic carbocycles. The lowest BCUT2D eigenvalue weighted by atomic mass is 10.3. The highest BCUT2D eigenvalue weighted by molar-refractivity contribution is 5.35. The van der Waals surface area contributed by atoms with Crippen molar-refractivity contribution in [3.8, 4) is 6.01 Å². The van der Waals surface area contributed by atoms with E-state index in [0.717, 1.165) is 19.7 Å². The molecule has 118 valence electrons. The Morgan fingerprint density at radius 1 is 1.33 bits per heavy atom. The number of hydrogen-bond acceptors (Lipinski definition) is 8. The SMILES string of the molecule is CNc1nc(NCC2CN(C)CCO2)nc(OC(C)C)n1. The Hall–Kier alpha value is -1.67. The van der Waals surface area contributed by atoms with Crippen molar-refractivity contribution in [2.45, 2.75) is 26.1 Å². The van der Waals surface area contributed by atoms with E-state index in [1.165, 1.54) is 0 Å². The van der Waals surface area contributed by atoms with Crippen molar-refractivity contribution in [2.75, 3.05) is 51.0 Å². The minimum Gasteiger partial charge on any atom is -0.461 e. The Balaban J connectivity index is 1.97. The van der Waals surface area contributed by atoms with E-state index in [1.807, 2.05) is 13.8 Å². The first-order chi connectivity index (χ1) is 10.1. The van der Waals surface area contributed by atoms with Gasteiger partial charge in [0.2, 0.25) is 11.9 Å². The van der Waals surface area contributed by atoms with Crippen molar-refractivity contribution in [3.63, 3.8) is 0 Å². The molecule has 0 saturated carbocycles. The number of anilines is 2. The van der Waals surface area contributed by atoms with Crippen LogP contribution >= 0.6 is 0 Å². The van der Waals surface area contributed by atoms with Gasteiger partial charge in [0.15, 0.2) is 0 Å². The predicted molar refractivity (Wildman–Crippen MR) is 80.9 cm³/mol. The maximum absolute atomic E-state index is 5.70. The average Bonchev–Trinajstić information content (AvgIpc) is 2.44. The van der Waals surface area contributed by atoms with E-state index in [0.29, 0.717) is 24.5 Å². The molecule has 1 aliphatic rings. The normalized spacial score (nSPS) is 19.6. The summed E-state index contributed by atoms with van der Waals surface area (Å²) in [5.74, 6) is 0.964. The summed E-state index contributed by atoms with van der Waals surface area (Å²) in [4.78, 5) is 14.9. The Kier molecular flexibility index (Phi) is 5.51. The molecular weight excluding hydrogens is 272 g/mol. The molecule has 2 rings (SSSR count). The molecule has 1 atom stereocenters. The third-order valence-corrected chi connectivity index (χ3v) is 3.01. The quantitative estimate of drug-likeness (QED) is 0.782. The molecule has 1 aromatic rings. The van der Waals surface area contributed by atoms with Crippen LogP contribution in [0.5, 0.6) is 6.01 Å². The largest absolute Gasteiger partial charge is 0.461 e.